The third kappa shape index (κ3) is 4.34. The molecule has 0 spiro atoms. The van der Waals surface area contributed by atoms with Gasteiger partial charge in [0.15, 0.2) is 5.69 Å². The second kappa shape index (κ2) is 6.31. The van der Waals surface area contributed by atoms with Gasteiger partial charge in [-0.25, -0.2) is 9.97 Å². The van der Waals surface area contributed by atoms with Crippen LogP contribution in [0.1, 0.15) is 5.69 Å². The van der Waals surface area contributed by atoms with Gasteiger partial charge in [0.05, 0.1) is 19.0 Å². The lowest BCUT2D eigenvalue weighted by molar-refractivity contribution is -0.122. The molecule has 1 aromatic heterocycles. The molecule has 1 rings (SSSR count). The summed E-state index contributed by atoms with van der Waals surface area (Å²) in [6.07, 6.45) is 2.82. The van der Waals surface area contributed by atoms with E-state index in [4.69, 9.17) is 15.7 Å². The summed E-state index contributed by atoms with van der Waals surface area (Å²) in [5.41, 5.74) is 5.14. The number of anilines is 1. The molecule has 0 saturated carbocycles. The van der Waals surface area contributed by atoms with Crippen molar-refractivity contribution in [3.63, 3.8) is 0 Å². The van der Waals surface area contributed by atoms with Crippen LogP contribution in [-0.2, 0) is 9.53 Å². The number of hydrogen-bond donors (Lipinski definition) is 2. The summed E-state index contributed by atoms with van der Waals surface area (Å²) < 4.78 is 4.92. The number of nitriles is 1. The van der Waals surface area contributed by atoms with Crippen LogP contribution >= 0.6 is 0 Å². The van der Waals surface area contributed by atoms with Crippen LogP contribution in [0.25, 0.3) is 0 Å². The maximum atomic E-state index is 10.3. The van der Waals surface area contributed by atoms with E-state index in [0.717, 1.165) is 0 Å². The zero-order chi connectivity index (χ0) is 11.8. The minimum absolute atomic E-state index is 0.0965. The third-order valence-corrected chi connectivity index (χ3v) is 1.56. The summed E-state index contributed by atoms with van der Waals surface area (Å²) in [4.78, 5) is 18.1. The molecule has 1 heterocycles. The van der Waals surface area contributed by atoms with Crippen molar-refractivity contribution < 1.29 is 9.53 Å². The van der Waals surface area contributed by atoms with Crippen LogP contribution in [0.3, 0.4) is 0 Å². The smallest absolute Gasteiger partial charge is 0.243 e. The van der Waals surface area contributed by atoms with Crippen molar-refractivity contribution in [1.82, 2.24) is 9.97 Å². The number of amides is 1. The molecule has 7 heteroatoms. The highest BCUT2D eigenvalue weighted by Gasteiger charge is 1.96. The Kier molecular flexibility index (Phi) is 4.69. The number of nitrogens with two attached hydrogens (primary N) is 1. The number of rotatable bonds is 6. The van der Waals surface area contributed by atoms with Gasteiger partial charge in [0.25, 0.3) is 0 Å². The molecule has 0 aliphatic rings. The van der Waals surface area contributed by atoms with Crippen LogP contribution in [0.2, 0.25) is 0 Å². The number of carbonyl (C=O) groups excluding carboxylic acids is 1. The van der Waals surface area contributed by atoms with E-state index < -0.39 is 5.91 Å². The van der Waals surface area contributed by atoms with Crippen LogP contribution in [0.15, 0.2) is 12.4 Å². The molecule has 0 fully saturated rings. The van der Waals surface area contributed by atoms with Crippen molar-refractivity contribution in [2.24, 2.45) is 5.73 Å². The highest BCUT2D eigenvalue weighted by molar-refractivity contribution is 5.74. The molecule has 1 aromatic rings. The van der Waals surface area contributed by atoms with E-state index in [2.05, 4.69) is 15.3 Å². The zero-order valence-corrected chi connectivity index (χ0v) is 8.51. The zero-order valence-electron chi connectivity index (χ0n) is 8.51. The molecular formula is C9H11N5O2. The predicted molar refractivity (Wildman–Crippen MR) is 55.3 cm³/mol. The second-order valence-corrected chi connectivity index (χ2v) is 2.84. The maximum Gasteiger partial charge on any atom is 0.243 e. The van der Waals surface area contributed by atoms with Crippen LogP contribution in [0.4, 0.5) is 5.82 Å². The Hall–Kier alpha value is -2.20. The lowest BCUT2D eigenvalue weighted by atomic mass is 10.5. The van der Waals surface area contributed by atoms with Crippen LogP contribution in [-0.4, -0.2) is 35.6 Å². The Morgan fingerprint density at radius 2 is 2.38 bits per heavy atom. The SMILES string of the molecule is N#Cc1cnc(NCCOCC(N)=O)cn1. The molecule has 16 heavy (non-hydrogen) atoms. The fraction of sp³-hybridized carbons (Fsp3) is 0.333. The first-order chi connectivity index (χ1) is 7.72. The minimum Gasteiger partial charge on any atom is -0.370 e. The van der Waals surface area contributed by atoms with E-state index in [-0.39, 0.29) is 12.3 Å². The van der Waals surface area contributed by atoms with Crippen molar-refractivity contribution in [1.29, 1.82) is 5.26 Å². The summed E-state index contributed by atoms with van der Waals surface area (Å²) in [6.45, 7) is 0.721. The molecule has 0 bridgehead atoms. The summed E-state index contributed by atoms with van der Waals surface area (Å²) in [6, 6.07) is 1.87. The molecule has 0 atom stereocenters. The van der Waals surface area contributed by atoms with Crippen LogP contribution < -0.4 is 11.1 Å². The average molecular weight is 221 g/mol. The van der Waals surface area contributed by atoms with Gasteiger partial charge in [0.2, 0.25) is 5.91 Å². The summed E-state index contributed by atoms with van der Waals surface area (Å²) >= 11 is 0. The number of aromatic nitrogens is 2. The van der Waals surface area contributed by atoms with Crippen molar-refractivity contribution >= 4 is 11.7 Å². The molecule has 0 aliphatic heterocycles. The number of hydrogen-bond acceptors (Lipinski definition) is 6. The molecule has 0 unspecified atom stereocenters. The Morgan fingerprint density at radius 3 is 2.94 bits per heavy atom. The normalized spacial score (nSPS) is 9.44. The predicted octanol–water partition coefficient (Wildman–Crippen LogP) is -0.738. The number of ether oxygens (including phenoxy) is 1. The topological polar surface area (TPSA) is 114 Å². The van der Waals surface area contributed by atoms with Gasteiger partial charge in [-0.1, -0.05) is 0 Å². The lowest BCUT2D eigenvalue weighted by Crippen LogP contribution is -2.20. The van der Waals surface area contributed by atoms with Crippen molar-refractivity contribution in [2.75, 3.05) is 25.1 Å². The highest BCUT2D eigenvalue weighted by atomic mass is 16.5. The number of nitrogens with one attached hydrogen (secondary N) is 1. The minimum atomic E-state index is -0.502. The van der Waals surface area contributed by atoms with Gasteiger partial charge >= 0.3 is 0 Å². The van der Waals surface area contributed by atoms with Gasteiger partial charge < -0.3 is 15.8 Å². The van der Waals surface area contributed by atoms with E-state index in [1.165, 1.54) is 12.4 Å². The molecule has 3 N–H and O–H groups in total. The van der Waals surface area contributed by atoms with E-state index >= 15 is 0 Å². The molecular weight excluding hydrogens is 210 g/mol. The molecule has 84 valence electrons. The average Bonchev–Trinajstić information content (AvgIpc) is 2.29. The van der Waals surface area contributed by atoms with E-state index in [0.29, 0.717) is 19.0 Å². The van der Waals surface area contributed by atoms with Crippen LogP contribution in [0, 0.1) is 11.3 Å². The first kappa shape index (κ1) is 11.9. The summed E-state index contributed by atoms with van der Waals surface area (Å²) in [7, 11) is 0. The largest absolute Gasteiger partial charge is 0.370 e. The van der Waals surface area contributed by atoms with Crippen molar-refractivity contribution in [3.05, 3.63) is 18.1 Å². The van der Waals surface area contributed by atoms with Crippen molar-refractivity contribution in [2.45, 2.75) is 0 Å². The Morgan fingerprint density at radius 1 is 1.56 bits per heavy atom. The third-order valence-electron chi connectivity index (χ3n) is 1.56. The lowest BCUT2D eigenvalue weighted by Gasteiger charge is -2.04. The molecule has 0 aromatic carbocycles. The molecule has 0 radical (unpaired) electrons. The Balaban J connectivity index is 2.22. The van der Waals surface area contributed by atoms with E-state index in [1.54, 1.807) is 0 Å². The Labute approximate surface area is 92.3 Å². The highest BCUT2D eigenvalue weighted by Crippen LogP contribution is 1.98. The first-order valence-corrected chi connectivity index (χ1v) is 4.54. The van der Waals surface area contributed by atoms with Crippen LogP contribution in [0.5, 0.6) is 0 Å². The molecule has 0 aliphatic carbocycles. The van der Waals surface area contributed by atoms with Gasteiger partial charge in [-0.05, 0) is 0 Å². The fourth-order valence-electron chi connectivity index (χ4n) is 0.901. The second-order valence-electron chi connectivity index (χ2n) is 2.84. The van der Waals surface area contributed by atoms with Gasteiger partial charge in [-0.2, -0.15) is 5.26 Å². The quantitative estimate of drug-likeness (QED) is 0.611. The monoisotopic (exact) mass is 221 g/mol. The molecule has 1 amide bonds. The van der Waals surface area contributed by atoms with Gasteiger partial charge in [0, 0.05) is 6.54 Å². The maximum absolute atomic E-state index is 10.3. The standard InChI is InChI=1S/C9H11N5O2/c10-3-7-4-14-9(5-13-7)12-1-2-16-6-8(11)15/h4-5H,1-2,6H2,(H2,11,15)(H,12,14). The first-order valence-electron chi connectivity index (χ1n) is 4.54. The van der Waals surface area contributed by atoms with E-state index in [9.17, 15) is 4.79 Å². The fourth-order valence-corrected chi connectivity index (χ4v) is 0.901. The number of primary amides is 1. The van der Waals surface area contributed by atoms with Gasteiger partial charge in [0.1, 0.15) is 18.5 Å². The van der Waals surface area contributed by atoms with Gasteiger partial charge in [-0.15, -0.1) is 0 Å². The summed E-state index contributed by atoms with van der Waals surface area (Å²) in [5, 5.41) is 11.4. The van der Waals surface area contributed by atoms with Gasteiger partial charge in [-0.3, -0.25) is 4.79 Å². The number of carbonyl (C=O) groups is 1. The number of nitrogens with zero attached hydrogens (tertiary/aromatic N) is 3. The summed E-state index contributed by atoms with van der Waals surface area (Å²) in [5.74, 6) is 0.0415. The Bertz CT molecular complexity index is 384. The molecule has 0 saturated heterocycles. The molecule has 7 nitrogen and oxygen atoms in total. The van der Waals surface area contributed by atoms with Crippen molar-refractivity contribution in [3.8, 4) is 6.07 Å². The van der Waals surface area contributed by atoms with E-state index in [1.807, 2.05) is 6.07 Å².